The third-order valence-corrected chi connectivity index (χ3v) is 9.39. The van der Waals surface area contributed by atoms with Crippen molar-refractivity contribution in [1.82, 2.24) is 15.0 Å². The first-order chi connectivity index (χ1) is 23.2. The van der Waals surface area contributed by atoms with Crippen LogP contribution in [0.2, 0.25) is 0 Å². The van der Waals surface area contributed by atoms with Crippen LogP contribution in [0.4, 0.5) is 11.5 Å². The van der Waals surface area contributed by atoms with Crippen molar-refractivity contribution in [3.8, 4) is 11.1 Å². The van der Waals surface area contributed by atoms with E-state index in [1.807, 2.05) is 31.2 Å². The molecule has 258 valence electrons. The zero-order valence-corrected chi connectivity index (χ0v) is 29.4. The van der Waals surface area contributed by atoms with Crippen LogP contribution in [0.15, 0.2) is 53.2 Å². The molecule has 1 saturated heterocycles. The molecule has 0 bridgehead atoms. The van der Waals surface area contributed by atoms with Crippen molar-refractivity contribution in [1.29, 1.82) is 0 Å². The van der Waals surface area contributed by atoms with E-state index in [9.17, 15) is 15.0 Å². The summed E-state index contributed by atoms with van der Waals surface area (Å²) in [6.45, 7) is 14.6. The number of carbonyl (C=O) groups is 1. The lowest BCUT2D eigenvalue weighted by Gasteiger charge is -2.40. The van der Waals surface area contributed by atoms with Crippen LogP contribution < -0.4 is 9.80 Å². The molecule has 0 amide bonds. The Morgan fingerprint density at radius 1 is 1.00 bits per heavy atom. The Hall–Kier alpha value is -4.54. The number of fused-ring (bicyclic) bond motifs is 4. The summed E-state index contributed by atoms with van der Waals surface area (Å²) >= 11 is 0. The largest absolute Gasteiger partial charge is 0.481 e. The van der Waals surface area contributed by atoms with Crippen LogP contribution in [0.5, 0.6) is 0 Å². The van der Waals surface area contributed by atoms with Gasteiger partial charge in [0, 0.05) is 48.4 Å². The number of anilines is 2. The average molecular weight is 666 g/mol. The zero-order chi connectivity index (χ0) is 35.1. The van der Waals surface area contributed by atoms with Crippen molar-refractivity contribution in [2.45, 2.75) is 86.0 Å². The highest BCUT2D eigenvalue weighted by atomic mass is 16.4. The highest BCUT2D eigenvalue weighted by molar-refractivity contribution is 6.05. The van der Waals surface area contributed by atoms with Crippen LogP contribution in [-0.2, 0) is 30.8 Å². The SMILES string of the molecule is CC(C)(C)O.Cc1nc(CO)c(CC(=O)O)c(N2CCC(C)(C)CC2)c1-c1ccc2c(c1)CCN(c1ncnc3c1oc1ccccc13)C2. The molecule has 2 aromatic carbocycles. The van der Waals surface area contributed by atoms with Gasteiger partial charge in [-0.1, -0.05) is 44.2 Å². The maximum absolute atomic E-state index is 12.0. The smallest absolute Gasteiger partial charge is 0.307 e. The molecule has 2 aliphatic heterocycles. The molecule has 5 heterocycles. The van der Waals surface area contributed by atoms with Gasteiger partial charge in [0.05, 0.1) is 30.0 Å². The number of furan rings is 1. The normalized spacial score (nSPS) is 16.0. The van der Waals surface area contributed by atoms with Gasteiger partial charge in [-0.25, -0.2) is 9.97 Å². The molecule has 0 aliphatic carbocycles. The van der Waals surface area contributed by atoms with E-state index < -0.39 is 11.6 Å². The van der Waals surface area contributed by atoms with Crippen molar-refractivity contribution in [2.75, 3.05) is 29.4 Å². The Kier molecular flexibility index (Phi) is 9.39. The van der Waals surface area contributed by atoms with E-state index in [4.69, 9.17) is 14.5 Å². The van der Waals surface area contributed by atoms with Gasteiger partial charge in [0.25, 0.3) is 0 Å². The Morgan fingerprint density at radius 3 is 2.41 bits per heavy atom. The minimum atomic E-state index is -0.927. The Morgan fingerprint density at radius 2 is 1.71 bits per heavy atom. The number of hydrogen-bond donors (Lipinski definition) is 3. The van der Waals surface area contributed by atoms with Gasteiger partial charge >= 0.3 is 5.97 Å². The predicted octanol–water partition coefficient (Wildman–Crippen LogP) is 6.83. The van der Waals surface area contributed by atoms with Gasteiger partial charge in [-0.2, -0.15) is 0 Å². The van der Waals surface area contributed by atoms with E-state index in [2.05, 4.69) is 51.8 Å². The van der Waals surface area contributed by atoms with E-state index in [0.717, 1.165) is 83.7 Å². The summed E-state index contributed by atoms with van der Waals surface area (Å²) in [7, 11) is 0. The van der Waals surface area contributed by atoms with Crippen molar-refractivity contribution in [3.63, 3.8) is 0 Å². The Balaban J connectivity index is 0.000000778. The maximum atomic E-state index is 12.0. The fraction of sp³-hybridized carbons (Fsp3) is 0.436. The van der Waals surface area contributed by atoms with Crippen LogP contribution in [0.1, 0.15) is 75.5 Å². The summed E-state index contributed by atoms with van der Waals surface area (Å²) in [5.74, 6) is -0.127. The highest BCUT2D eigenvalue weighted by Crippen LogP contribution is 2.43. The van der Waals surface area contributed by atoms with Crippen LogP contribution >= 0.6 is 0 Å². The van der Waals surface area contributed by atoms with Crippen molar-refractivity contribution in [2.24, 2.45) is 5.41 Å². The van der Waals surface area contributed by atoms with E-state index in [1.54, 1.807) is 27.1 Å². The fourth-order valence-corrected chi connectivity index (χ4v) is 6.91. The number of benzene rings is 2. The number of piperidine rings is 1. The number of aryl methyl sites for hydroxylation is 1. The number of hydrogen-bond acceptors (Lipinski definition) is 9. The second kappa shape index (κ2) is 13.4. The summed E-state index contributed by atoms with van der Waals surface area (Å²) < 4.78 is 6.22. The maximum Gasteiger partial charge on any atom is 0.307 e. The third-order valence-electron chi connectivity index (χ3n) is 9.39. The molecule has 0 radical (unpaired) electrons. The third kappa shape index (κ3) is 7.40. The minimum Gasteiger partial charge on any atom is -0.481 e. The molecule has 3 aromatic heterocycles. The molecule has 10 heteroatoms. The number of para-hydroxylation sites is 1. The van der Waals surface area contributed by atoms with Crippen LogP contribution in [0.3, 0.4) is 0 Å². The minimum absolute atomic E-state index is 0.180. The molecule has 3 N–H and O–H groups in total. The van der Waals surface area contributed by atoms with Gasteiger partial charge in [0.2, 0.25) is 0 Å². The lowest BCUT2D eigenvalue weighted by atomic mass is 9.81. The number of carboxylic acid groups (broad SMARTS) is 1. The topological polar surface area (TPSA) is 136 Å². The highest BCUT2D eigenvalue weighted by Gasteiger charge is 2.31. The molecule has 10 nitrogen and oxygen atoms in total. The lowest BCUT2D eigenvalue weighted by molar-refractivity contribution is -0.136. The number of rotatable bonds is 6. The quantitative estimate of drug-likeness (QED) is 0.177. The van der Waals surface area contributed by atoms with Gasteiger partial charge in [-0.15, -0.1) is 0 Å². The number of aliphatic hydroxyl groups is 2. The van der Waals surface area contributed by atoms with E-state index in [-0.39, 0.29) is 18.4 Å². The van der Waals surface area contributed by atoms with Gasteiger partial charge in [0.1, 0.15) is 17.4 Å². The molecule has 1 fully saturated rings. The van der Waals surface area contributed by atoms with Crippen LogP contribution in [0.25, 0.3) is 33.2 Å². The number of aromatic nitrogens is 3. The fourth-order valence-electron chi connectivity index (χ4n) is 6.91. The average Bonchev–Trinajstić information content (AvgIpc) is 3.43. The number of nitrogens with zero attached hydrogens (tertiary/aromatic N) is 5. The van der Waals surface area contributed by atoms with E-state index >= 15 is 0 Å². The molecule has 7 rings (SSSR count). The summed E-state index contributed by atoms with van der Waals surface area (Å²) in [4.78, 5) is 30.5. The molecule has 0 saturated carbocycles. The Bertz CT molecular complexity index is 2000. The van der Waals surface area contributed by atoms with Gasteiger partial charge < -0.3 is 29.5 Å². The van der Waals surface area contributed by atoms with Gasteiger partial charge in [-0.05, 0) is 81.2 Å². The molecule has 49 heavy (non-hydrogen) atoms. The van der Waals surface area contributed by atoms with Crippen molar-refractivity contribution < 1.29 is 24.5 Å². The summed E-state index contributed by atoms with van der Waals surface area (Å²) in [6.07, 6.45) is 4.28. The van der Waals surface area contributed by atoms with Gasteiger partial charge in [-0.3, -0.25) is 9.78 Å². The second-order valence-corrected chi connectivity index (χ2v) is 15.0. The number of pyridine rings is 1. The zero-order valence-electron chi connectivity index (χ0n) is 29.4. The first-order valence-electron chi connectivity index (χ1n) is 17.0. The van der Waals surface area contributed by atoms with E-state index in [1.165, 1.54) is 11.1 Å². The van der Waals surface area contributed by atoms with Crippen LogP contribution in [-0.4, -0.2) is 61.5 Å². The van der Waals surface area contributed by atoms with E-state index in [0.29, 0.717) is 23.4 Å². The first kappa shape index (κ1) is 34.3. The number of aliphatic carboxylic acids is 1. The lowest BCUT2D eigenvalue weighted by Crippen LogP contribution is -2.38. The molecule has 0 atom stereocenters. The summed E-state index contributed by atoms with van der Waals surface area (Å²) in [6, 6.07) is 14.5. The molecule has 5 aromatic rings. The molecule has 0 spiro atoms. The number of aliphatic hydroxyl groups excluding tert-OH is 1. The second-order valence-electron chi connectivity index (χ2n) is 15.0. The molecular formula is C39H47N5O5. The van der Waals surface area contributed by atoms with Crippen LogP contribution in [0, 0.1) is 12.3 Å². The number of carboxylic acids is 1. The molecule has 2 aliphatic rings. The monoisotopic (exact) mass is 665 g/mol. The molecular weight excluding hydrogens is 618 g/mol. The summed E-state index contributed by atoms with van der Waals surface area (Å²) in [5, 5.41) is 29.6. The molecule has 0 unspecified atom stereocenters. The van der Waals surface area contributed by atoms with Crippen molar-refractivity contribution in [3.05, 3.63) is 76.9 Å². The van der Waals surface area contributed by atoms with Gasteiger partial charge in [0.15, 0.2) is 11.4 Å². The standard InChI is InChI=1S/C35H37N5O4.C4H10O/c1-21-30(32(39-14-11-35(2,3)12-15-39)26(17-29(42)43)27(19-41)38-21)23-8-9-24-18-40(13-10-22(24)16-23)34-33-31(36-20-37-34)25-6-4-5-7-28(25)44-33;1-4(2,3)5/h4-9,16,20,41H,10-15,17-19H2,1-3H3,(H,42,43);5H,1-3H3. The summed E-state index contributed by atoms with van der Waals surface area (Å²) in [5.41, 5.74) is 9.30. The van der Waals surface area contributed by atoms with Crippen molar-refractivity contribution >= 4 is 39.5 Å². The Labute approximate surface area is 287 Å². The predicted molar refractivity (Wildman–Crippen MR) is 193 cm³/mol. The first-order valence-corrected chi connectivity index (χ1v) is 17.0.